The van der Waals surface area contributed by atoms with Gasteiger partial charge in [-0.1, -0.05) is 23.7 Å². The lowest BCUT2D eigenvalue weighted by molar-refractivity contribution is 0.923. The lowest BCUT2D eigenvalue weighted by atomic mass is 10.2. The fraction of sp³-hybridized carbons (Fsp3) is 0.333. The normalized spacial score (nSPS) is 14.6. The molecule has 4 nitrogen and oxygen atoms in total. The van der Waals surface area contributed by atoms with E-state index in [4.69, 9.17) is 11.6 Å². The van der Waals surface area contributed by atoms with Gasteiger partial charge in [0, 0.05) is 30.9 Å². The van der Waals surface area contributed by atoms with E-state index >= 15 is 0 Å². The minimum atomic E-state index is 0.671. The molecule has 0 aliphatic carbocycles. The van der Waals surface area contributed by atoms with Crippen molar-refractivity contribution < 1.29 is 0 Å². The number of nitrogens with one attached hydrogen (secondary N) is 1. The van der Waals surface area contributed by atoms with Crippen LogP contribution in [0.15, 0.2) is 36.5 Å². The van der Waals surface area contributed by atoms with Gasteiger partial charge in [0.2, 0.25) is 5.95 Å². The van der Waals surface area contributed by atoms with Crippen LogP contribution >= 0.6 is 11.6 Å². The molecule has 0 atom stereocenters. The Bertz CT molecular complexity index is 564. The summed E-state index contributed by atoms with van der Waals surface area (Å²) in [7, 11) is 0. The molecule has 1 fully saturated rings. The maximum Gasteiger partial charge on any atom is 0.224 e. The Labute approximate surface area is 123 Å². The van der Waals surface area contributed by atoms with Crippen LogP contribution in [0.3, 0.4) is 0 Å². The highest BCUT2D eigenvalue weighted by atomic mass is 35.5. The van der Waals surface area contributed by atoms with Crippen LogP contribution in [0, 0.1) is 0 Å². The second kappa shape index (κ2) is 6.09. The number of hydrogen-bond donors (Lipinski definition) is 1. The molecule has 104 valence electrons. The summed E-state index contributed by atoms with van der Waals surface area (Å²) in [5, 5.41) is 4.00. The molecule has 0 unspecified atom stereocenters. The number of nitrogens with zero attached hydrogens (tertiary/aromatic N) is 3. The smallest absolute Gasteiger partial charge is 0.224 e. The van der Waals surface area contributed by atoms with E-state index in [0.717, 1.165) is 29.5 Å². The average molecular weight is 289 g/mol. The molecule has 2 heterocycles. The molecule has 1 saturated heterocycles. The Morgan fingerprint density at radius 1 is 1.10 bits per heavy atom. The second-order valence-electron chi connectivity index (χ2n) is 4.91. The second-order valence-corrected chi connectivity index (χ2v) is 5.35. The van der Waals surface area contributed by atoms with Gasteiger partial charge in [0.25, 0.3) is 0 Å². The predicted octanol–water partition coefficient (Wildman–Crippen LogP) is 3.34. The summed E-state index contributed by atoms with van der Waals surface area (Å²) in [6, 6.07) is 9.75. The molecule has 1 aromatic carbocycles. The summed E-state index contributed by atoms with van der Waals surface area (Å²) < 4.78 is 0. The fourth-order valence-electron chi connectivity index (χ4n) is 2.34. The number of anilines is 2. The molecule has 0 radical (unpaired) electrons. The molecule has 1 aromatic heterocycles. The Kier molecular flexibility index (Phi) is 4.02. The van der Waals surface area contributed by atoms with Crippen LogP contribution in [-0.4, -0.2) is 23.1 Å². The predicted molar refractivity (Wildman–Crippen MR) is 82.3 cm³/mol. The molecular weight excluding hydrogens is 272 g/mol. The SMILES string of the molecule is Clc1ccc(CNc2nccc(N3CCCC3)n2)cc1. The number of rotatable bonds is 4. The molecule has 1 aliphatic rings. The molecule has 1 aliphatic heterocycles. The number of halogens is 1. The summed E-state index contributed by atoms with van der Waals surface area (Å²) in [5.41, 5.74) is 1.16. The first-order chi connectivity index (χ1) is 9.81. The maximum absolute atomic E-state index is 5.87. The summed E-state index contributed by atoms with van der Waals surface area (Å²) in [4.78, 5) is 11.1. The average Bonchev–Trinajstić information content (AvgIpc) is 3.01. The Hall–Kier alpha value is -1.81. The van der Waals surface area contributed by atoms with E-state index in [-0.39, 0.29) is 0 Å². The van der Waals surface area contributed by atoms with Gasteiger partial charge < -0.3 is 10.2 Å². The molecular formula is C15H17ClN4. The van der Waals surface area contributed by atoms with Crippen LogP contribution in [-0.2, 0) is 6.54 Å². The zero-order valence-corrected chi connectivity index (χ0v) is 12.0. The quantitative estimate of drug-likeness (QED) is 0.937. The Morgan fingerprint density at radius 2 is 1.85 bits per heavy atom. The molecule has 3 rings (SSSR count). The lowest BCUT2D eigenvalue weighted by Crippen LogP contribution is -2.19. The van der Waals surface area contributed by atoms with Crippen molar-refractivity contribution in [3.63, 3.8) is 0 Å². The van der Waals surface area contributed by atoms with Crippen LogP contribution in [0.5, 0.6) is 0 Å². The molecule has 0 bridgehead atoms. The van der Waals surface area contributed by atoms with Gasteiger partial charge in [0.05, 0.1) is 0 Å². The highest BCUT2D eigenvalue weighted by Gasteiger charge is 2.13. The molecule has 1 N–H and O–H groups in total. The largest absolute Gasteiger partial charge is 0.356 e. The van der Waals surface area contributed by atoms with E-state index in [1.165, 1.54) is 12.8 Å². The molecule has 2 aromatic rings. The van der Waals surface area contributed by atoms with Gasteiger partial charge in [-0.15, -0.1) is 0 Å². The summed E-state index contributed by atoms with van der Waals surface area (Å²) in [6.45, 7) is 2.88. The molecule has 5 heteroatoms. The summed E-state index contributed by atoms with van der Waals surface area (Å²) >= 11 is 5.87. The van der Waals surface area contributed by atoms with E-state index in [1.54, 1.807) is 0 Å². The number of aromatic nitrogens is 2. The first-order valence-corrected chi connectivity index (χ1v) is 7.25. The minimum absolute atomic E-state index is 0.671. The topological polar surface area (TPSA) is 41.1 Å². The number of hydrogen-bond acceptors (Lipinski definition) is 4. The Morgan fingerprint density at radius 3 is 2.60 bits per heavy atom. The van der Waals surface area contributed by atoms with E-state index < -0.39 is 0 Å². The maximum atomic E-state index is 5.87. The van der Waals surface area contributed by atoms with Gasteiger partial charge in [-0.05, 0) is 36.6 Å². The third-order valence-electron chi connectivity index (χ3n) is 3.43. The number of benzene rings is 1. The van der Waals surface area contributed by atoms with E-state index in [2.05, 4.69) is 20.2 Å². The molecule has 0 saturated carbocycles. The van der Waals surface area contributed by atoms with Gasteiger partial charge in [-0.25, -0.2) is 4.98 Å². The van der Waals surface area contributed by atoms with Crippen LogP contribution in [0.25, 0.3) is 0 Å². The lowest BCUT2D eigenvalue weighted by Gasteiger charge is -2.16. The zero-order valence-electron chi connectivity index (χ0n) is 11.2. The van der Waals surface area contributed by atoms with Crippen LogP contribution < -0.4 is 10.2 Å². The van der Waals surface area contributed by atoms with Gasteiger partial charge >= 0.3 is 0 Å². The van der Waals surface area contributed by atoms with Crippen molar-refractivity contribution in [1.29, 1.82) is 0 Å². The Balaban J connectivity index is 1.65. The minimum Gasteiger partial charge on any atom is -0.356 e. The van der Waals surface area contributed by atoms with Crippen LogP contribution in [0.4, 0.5) is 11.8 Å². The highest BCUT2D eigenvalue weighted by Crippen LogP contribution is 2.18. The van der Waals surface area contributed by atoms with E-state index in [0.29, 0.717) is 12.5 Å². The summed E-state index contributed by atoms with van der Waals surface area (Å²) in [5.74, 6) is 1.68. The van der Waals surface area contributed by atoms with Crippen molar-refractivity contribution in [3.05, 3.63) is 47.1 Å². The molecule has 20 heavy (non-hydrogen) atoms. The fourth-order valence-corrected chi connectivity index (χ4v) is 2.47. The molecule has 0 amide bonds. The van der Waals surface area contributed by atoms with E-state index in [1.807, 2.05) is 36.5 Å². The van der Waals surface area contributed by atoms with Crippen molar-refractivity contribution in [1.82, 2.24) is 9.97 Å². The van der Waals surface area contributed by atoms with Crippen LogP contribution in [0.2, 0.25) is 5.02 Å². The monoisotopic (exact) mass is 288 g/mol. The first-order valence-electron chi connectivity index (χ1n) is 6.87. The van der Waals surface area contributed by atoms with Gasteiger partial charge in [-0.2, -0.15) is 4.98 Å². The third-order valence-corrected chi connectivity index (χ3v) is 3.69. The van der Waals surface area contributed by atoms with E-state index in [9.17, 15) is 0 Å². The van der Waals surface area contributed by atoms with Crippen molar-refractivity contribution >= 4 is 23.4 Å². The van der Waals surface area contributed by atoms with Crippen molar-refractivity contribution in [3.8, 4) is 0 Å². The summed E-state index contributed by atoms with van der Waals surface area (Å²) in [6.07, 6.45) is 4.31. The van der Waals surface area contributed by atoms with Crippen LogP contribution in [0.1, 0.15) is 18.4 Å². The first kappa shape index (κ1) is 13.2. The van der Waals surface area contributed by atoms with Gasteiger partial charge in [0.1, 0.15) is 5.82 Å². The standard InChI is InChI=1S/C15H17ClN4/c16-13-5-3-12(4-6-13)11-18-15-17-8-7-14(19-15)20-9-1-2-10-20/h3-8H,1-2,9-11H2,(H,17,18,19). The molecule has 0 spiro atoms. The van der Waals surface area contributed by atoms with Gasteiger partial charge in [-0.3, -0.25) is 0 Å². The third kappa shape index (κ3) is 3.20. The highest BCUT2D eigenvalue weighted by molar-refractivity contribution is 6.30. The van der Waals surface area contributed by atoms with Gasteiger partial charge in [0.15, 0.2) is 0 Å². The van der Waals surface area contributed by atoms with Crippen molar-refractivity contribution in [2.24, 2.45) is 0 Å². The van der Waals surface area contributed by atoms with Crippen molar-refractivity contribution in [2.45, 2.75) is 19.4 Å². The van der Waals surface area contributed by atoms with Crippen molar-refractivity contribution in [2.75, 3.05) is 23.3 Å². The zero-order chi connectivity index (χ0) is 13.8.